The summed E-state index contributed by atoms with van der Waals surface area (Å²) in [5.41, 5.74) is 5.83. The van der Waals surface area contributed by atoms with E-state index in [1.165, 1.54) is 50.3 Å². The summed E-state index contributed by atoms with van der Waals surface area (Å²) in [7, 11) is 0. The van der Waals surface area contributed by atoms with Crippen molar-refractivity contribution in [2.45, 2.75) is 38.6 Å². The fraction of sp³-hybridized carbons (Fsp3) is 1.00. The highest BCUT2D eigenvalue weighted by atomic mass is 32.2. The van der Waals surface area contributed by atoms with Gasteiger partial charge < -0.3 is 5.73 Å². The van der Waals surface area contributed by atoms with Crippen LogP contribution < -0.4 is 5.73 Å². The molecule has 1 aliphatic heterocycles. The number of likely N-dealkylation sites (tertiary alicyclic amines) is 1. The van der Waals surface area contributed by atoms with E-state index in [0.717, 1.165) is 6.54 Å². The molecule has 1 atom stereocenters. The lowest BCUT2D eigenvalue weighted by molar-refractivity contribution is 0.164. The molecule has 0 aromatic heterocycles. The first-order valence-corrected chi connectivity index (χ1v) is 7.05. The molecule has 1 heterocycles. The Morgan fingerprint density at radius 3 is 2.57 bits per heavy atom. The van der Waals surface area contributed by atoms with Gasteiger partial charge in [-0.05, 0) is 43.9 Å². The second kappa shape index (κ2) is 7.55. The molecule has 14 heavy (non-hydrogen) atoms. The van der Waals surface area contributed by atoms with Crippen LogP contribution in [0.3, 0.4) is 0 Å². The van der Waals surface area contributed by atoms with Crippen LogP contribution in [0.5, 0.6) is 0 Å². The predicted octanol–water partition coefficient (Wildman–Crippen LogP) is 1.94. The van der Waals surface area contributed by atoms with E-state index in [4.69, 9.17) is 5.73 Å². The van der Waals surface area contributed by atoms with Crippen molar-refractivity contribution in [2.75, 3.05) is 31.1 Å². The minimum absolute atomic E-state index is 0.648. The van der Waals surface area contributed by atoms with E-state index < -0.39 is 0 Å². The van der Waals surface area contributed by atoms with Crippen molar-refractivity contribution in [1.82, 2.24) is 4.90 Å². The van der Waals surface area contributed by atoms with Crippen LogP contribution in [-0.4, -0.2) is 42.1 Å². The number of piperidine rings is 1. The van der Waals surface area contributed by atoms with Gasteiger partial charge in [0.15, 0.2) is 0 Å². The fourth-order valence-corrected chi connectivity index (χ4v) is 2.82. The molecule has 84 valence electrons. The molecule has 0 saturated carbocycles. The highest BCUT2D eigenvalue weighted by Crippen LogP contribution is 2.15. The molecular weight excluding hydrogens is 192 g/mol. The second-order valence-electron chi connectivity index (χ2n) is 3.97. The highest BCUT2D eigenvalue weighted by molar-refractivity contribution is 7.99. The number of rotatable bonds is 6. The van der Waals surface area contributed by atoms with Crippen LogP contribution in [0.15, 0.2) is 0 Å². The molecule has 0 spiro atoms. The van der Waals surface area contributed by atoms with Crippen LogP contribution in [0.1, 0.15) is 32.6 Å². The van der Waals surface area contributed by atoms with Gasteiger partial charge in [-0.25, -0.2) is 0 Å². The maximum Gasteiger partial charge on any atom is 0.0226 e. The van der Waals surface area contributed by atoms with E-state index in [2.05, 4.69) is 11.8 Å². The molecule has 2 N–H and O–H groups in total. The van der Waals surface area contributed by atoms with Crippen molar-refractivity contribution < 1.29 is 0 Å². The van der Waals surface area contributed by atoms with E-state index in [1.807, 2.05) is 11.8 Å². The van der Waals surface area contributed by atoms with Crippen LogP contribution in [0.2, 0.25) is 0 Å². The third-order valence-corrected chi connectivity index (χ3v) is 3.91. The number of thioether (sulfide) groups is 1. The van der Waals surface area contributed by atoms with Crippen molar-refractivity contribution in [3.05, 3.63) is 0 Å². The molecule has 1 unspecified atom stereocenters. The molecule has 1 fully saturated rings. The normalized spacial score (nSPS) is 21.0. The lowest BCUT2D eigenvalue weighted by Gasteiger charge is -2.33. The van der Waals surface area contributed by atoms with Crippen molar-refractivity contribution in [1.29, 1.82) is 0 Å². The SMILES string of the molecule is CCSCCC(CN)N1CCCCC1. The minimum Gasteiger partial charge on any atom is -0.329 e. The molecule has 1 aliphatic rings. The average Bonchev–Trinajstić information content (AvgIpc) is 2.26. The Bertz CT molecular complexity index is 135. The lowest BCUT2D eigenvalue weighted by atomic mass is 10.1. The summed E-state index contributed by atoms with van der Waals surface area (Å²) >= 11 is 2.03. The largest absolute Gasteiger partial charge is 0.329 e. The second-order valence-corrected chi connectivity index (χ2v) is 5.37. The standard InChI is InChI=1S/C11H24N2S/c1-2-14-9-6-11(10-12)13-7-4-3-5-8-13/h11H,2-10,12H2,1H3. The average molecular weight is 216 g/mol. The van der Waals surface area contributed by atoms with E-state index in [0.29, 0.717) is 6.04 Å². The van der Waals surface area contributed by atoms with Gasteiger partial charge in [0.25, 0.3) is 0 Å². The Hall–Kier alpha value is 0.270. The Kier molecular flexibility index (Phi) is 6.65. The van der Waals surface area contributed by atoms with Crippen molar-refractivity contribution in [2.24, 2.45) is 5.73 Å². The molecule has 0 aromatic carbocycles. The van der Waals surface area contributed by atoms with E-state index in [9.17, 15) is 0 Å². The minimum atomic E-state index is 0.648. The molecule has 0 amide bonds. The smallest absolute Gasteiger partial charge is 0.0226 e. The number of hydrogen-bond acceptors (Lipinski definition) is 3. The Morgan fingerprint density at radius 2 is 2.00 bits per heavy atom. The van der Waals surface area contributed by atoms with Crippen LogP contribution in [0.4, 0.5) is 0 Å². The summed E-state index contributed by atoms with van der Waals surface area (Å²) in [6, 6.07) is 0.648. The summed E-state index contributed by atoms with van der Waals surface area (Å²) in [5, 5.41) is 0. The van der Waals surface area contributed by atoms with Crippen LogP contribution in [0, 0.1) is 0 Å². The zero-order chi connectivity index (χ0) is 10.2. The number of nitrogens with two attached hydrogens (primary N) is 1. The molecular formula is C11H24N2S. The molecule has 1 saturated heterocycles. The first kappa shape index (κ1) is 12.3. The highest BCUT2D eigenvalue weighted by Gasteiger charge is 2.18. The van der Waals surface area contributed by atoms with E-state index >= 15 is 0 Å². The molecule has 2 nitrogen and oxygen atoms in total. The van der Waals surface area contributed by atoms with Gasteiger partial charge in [-0.2, -0.15) is 11.8 Å². The maximum atomic E-state index is 5.83. The molecule has 1 rings (SSSR count). The molecule has 0 aliphatic carbocycles. The predicted molar refractivity (Wildman–Crippen MR) is 65.9 cm³/mol. The third kappa shape index (κ3) is 4.20. The first-order chi connectivity index (χ1) is 6.88. The van der Waals surface area contributed by atoms with Gasteiger partial charge in [-0.1, -0.05) is 13.3 Å². The number of hydrogen-bond donors (Lipinski definition) is 1. The monoisotopic (exact) mass is 216 g/mol. The topological polar surface area (TPSA) is 29.3 Å². The molecule has 0 aromatic rings. The lowest BCUT2D eigenvalue weighted by Crippen LogP contribution is -2.43. The van der Waals surface area contributed by atoms with Gasteiger partial charge in [0.2, 0.25) is 0 Å². The summed E-state index contributed by atoms with van der Waals surface area (Å²) in [4.78, 5) is 2.60. The summed E-state index contributed by atoms with van der Waals surface area (Å²) in [5.74, 6) is 2.51. The van der Waals surface area contributed by atoms with Gasteiger partial charge in [0.1, 0.15) is 0 Å². The first-order valence-electron chi connectivity index (χ1n) is 5.90. The van der Waals surface area contributed by atoms with Crippen LogP contribution in [0.25, 0.3) is 0 Å². The molecule has 0 bridgehead atoms. The number of nitrogens with zero attached hydrogens (tertiary/aromatic N) is 1. The van der Waals surface area contributed by atoms with Crippen LogP contribution >= 0.6 is 11.8 Å². The van der Waals surface area contributed by atoms with Crippen molar-refractivity contribution in [3.8, 4) is 0 Å². The van der Waals surface area contributed by atoms with Gasteiger partial charge in [-0.15, -0.1) is 0 Å². The van der Waals surface area contributed by atoms with Crippen LogP contribution in [-0.2, 0) is 0 Å². The van der Waals surface area contributed by atoms with Gasteiger partial charge in [0, 0.05) is 12.6 Å². The fourth-order valence-electron chi connectivity index (χ4n) is 2.10. The Balaban J connectivity index is 2.21. The summed E-state index contributed by atoms with van der Waals surface area (Å²) in [6.07, 6.45) is 5.43. The molecule has 3 heteroatoms. The quantitative estimate of drug-likeness (QED) is 0.688. The van der Waals surface area contributed by atoms with E-state index in [1.54, 1.807) is 0 Å². The van der Waals surface area contributed by atoms with Gasteiger partial charge >= 0.3 is 0 Å². The van der Waals surface area contributed by atoms with Crippen molar-refractivity contribution >= 4 is 11.8 Å². The van der Waals surface area contributed by atoms with Gasteiger partial charge in [0.05, 0.1) is 0 Å². The summed E-state index contributed by atoms with van der Waals surface area (Å²) in [6.45, 7) is 5.62. The Morgan fingerprint density at radius 1 is 1.29 bits per heavy atom. The van der Waals surface area contributed by atoms with E-state index in [-0.39, 0.29) is 0 Å². The zero-order valence-corrected chi connectivity index (χ0v) is 10.2. The van der Waals surface area contributed by atoms with Gasteiger partial charge in [-0.3, -0.25) is 4.90 Å². The summed E-state index contributed by atoms with van der Waals surface area (Å²) < 4.78 is 0. The zero-order valence-electron chi connectivity index (χ0n) is 9.37. The van der Waals surface area contributed by atoms with Crippen molar-refractivity contribution in [3.63, 3.8) is 0 Å². The Labute approximate surface area is 92.6 Å². The maximum absolute atomic E-state index is 5.83. The third-order valence-electron chi connectivity index (χ3n) is 2.98. The molecule has 0 radical (unpaired) electrons.